The van der Waals surface area contributed by atoms with E-state index in [0.717, 1.165) is 46.5 Å². The summed E-state index contributed by atoms with van der Waals surface area (Å²) < 4.78 is 0. The Kier molecular flexibility index (Phi) is 4.87. The molecule has 3 aromatic rings. The zero-order valence-corrected chi connectivity index (χ0v) is 15.6. The first kappa shape index (κ1) is 17.6. The van der Waals surface area contributed by atoms with Gasteiger partial charge in [0.1, 0.15) is 0 Å². The minimum Gasteiger partial charge on any atom is -0.398 e. The van der Waals surface area contributed by atoms with Gasteiger partial charge in [-0.1, -0.05) is 61.4 Å². The third-order valence-corrected chi connectivity index (χ3v) is 5.75. The van der Waals surface area contributed by atoms with Gasteiger partial charge in [-0.15, -0.1) is 0 Å². The molecular formula is C24H27N3. The summed E-state index contributed by atoms with van der Waals surface area (Å²) in [6.07, 6.45) is 4.68. The molecule has 0 heterocycles. The Labute approximate surface area is 161 Å². The molecule has 3 aromatic carbocycles. The Morgan fingerprint density at radius 3 is 1.70 bits per heavy atom. The lowest BCUT2D eigenvalue weighted by molar-refractivity contribution is 0.385. The van der Waals surface area contributed by atoms with Crippen molar-refractivity contribution in [2.24, 2.45) is 5.73 Å². The van der Waals surface area contributed by atoms with E-state index in [2.05, 4.69) is 30.3 Å². The number of benzene rings is 3. The van der Waals surface area contributed by atoms with Crippen LogP contribution in [-0.2, 0) is 0 Å². The molecule has 138 valence electrons. The van der Waals surface area contributed by atoms with Crippen molar-refractivity contribution in [2.75, 3.05) is 11.5 Å². The molecular weight excluding hydrogens is 330 g/mol. The number of nitrogen functional groups attached to an aromatic ring is 2. The van der Waals surface area contributed by atoms with Gasteiger partial charge in [-0.05, 0) is 53.6 Å². The standard InChI is InChI=1S/C24H27N3/c25-22-10-4-1-7-19(22)16-13-17(20-8-2-5-11-23(20)26)15-18(14-16)21-9-3-6-12-24(21)27/h1-2,4-5,7-8,10-11,13-15,21,24H,3,6,9,12,25-27H2. The van der Waals surface area contributed by atoms with E-state index in [1.807, 2.05) is 36.4 Å². The van der Waals surface area contributed by atoms with Gasteiger partial charge in [0.05, 0.1) is 0 Å². The third-order valence-electron chi connectivity index (χ3n) is 5.75. The number of nitrogens with two attached hydrogens (primary N) is 3. The average molecular weight is 358 g/mol. The van der Waals surface area contributed by atoms with E-state index in [0.29, 0.717) is 5.92 Å². The fourth-order valence-electron chi connectivity index (χ4n) is 4.27. The highest BCUT2D eigenvalue weighted by molar-refractivity contribution is 5.84. The fraction of sp³-hybridized carbons (Fsp3) is 0.250. The Morgan fingerprint density at radius 2 is 1.19 bits per heavy atom. The first-order valence-electron chi connectivity index (χ1n) is 9.74. The Bertz CT molecular complexity index is 884. The van der Waals surface area contributed by atoms with Crippen LogP contribution in [0.3, 0.4) is 0 Å². The van der Waals surface area contributed by atoms with E-state index in [4.69, 9.17) is 17.2 Å². The molecule has 0 spiro atoms. The van der Waals surface area contributed by atoms with Gasteiger partial charge in [0.2, 0.25) is 0 Å². The predicted molar refractivity (Wildman–Crippen MR) is 115 cm³/mol. The Balaban J connectivity index is 1.89. The summed E-state index contributed by atoms with van der Waals surface area (Å²) in [5.74, 6) is 0.382. The molecule has 2 atom stereocenters. The number of rotatable bonds is 3. The lowest BCUT2D eigenvalue weighted by Gasteiger charge is -2.30. The van der Waals surface area contributed by atoms with Crippen molar-refractivity contribution in [1.29, 1.82) is 0 Å². The van der Waals surface area contributed by atoms with Crippen LogP contribution in [0.25, 0.3) is 22.3 Å². The highest BCUT2D eigenvalue weighted by Gasteiger charge is 2.24. The maximum Gasteiger partial charge on any atom is 0.0393 e. The van der Waals surface area contributed by atoms with E-state index in [9.17, 15) is 0 Å². The van der Waals surface area contributed by atoms with Crippen LogP contribution in [0.5, 0.6) is 0 Å². The molecule has 0 saturated heterocycles. The van der Waals surface area contributed by atoms with Gasteiger partial charge in [-0.25, -0.2) is 0 Å². The number of anilines is 2. The van der Waals surface area contributed by atoms with E-state index in [1.54, 1.807) is 0 Å². The smallest absolute Gasteiger partial charge is 0.0393 e. The molecule has 4 rings (SSSR count). The number of para-hydroxylation sites is 2. The molecule has 1 saturated carbocycles. The number of hydrogen-bond donors (Lipinski definition) is 3. The van der Waals surface area contributed by atoms with Crippen molar-refractivity contribution in [3.63, 3.8) is 0 Å². The molecule has 27 heavy (non-hydrogen) atoms. The predicted octanol–water partition coefficient (Wildman–Crippen LogP) is 5.17. The van der Waals surface area contributed by atoms with Crippen LogP contribution in [-0.4, -0.2) is 6.04 Å². The first-order chi connectivity index (χ1) is 13.1. The molecule has 1 aliphatic carbocycles. The molecule has 0 aromatic heterocycles. The van der Waals surface area contributed by atoms with Crippen molar-refractivity contribution in [1.82, 2.24) is 0 Å². The normalized spacial score (nSPS) is 19.7. The van der Waals surface area contributed by atoms with Gasteiger partial charge in [0.25, 0.3) is 0 Å². The van der Waals surface area contributed by atoms with Crippen LogP contribution >= 0.6 is 0 Å². The van der Waals surface area contributed by atoms with Crippen molar-refractivity contribution in [3.05, 3.63) is 72.3 Å². The van der Waals surface area contributed by atoms with Gasteiger partial charge < -0.3 is 17.2 Å². The van der Waals surface area contributed by atoms with E-state index in [1.165, 1.54) is 18.4 Å². The van der Waals surface area contributed by atoms with Gasteiger partial charge in [0, 0.05) is 28.5 Å². The summed E-state index contributed by atoms with van der Waals surface area (Å²) in [4.78, 5) is 0. The monoisotopic (exact) mass is 357 g/mol. The second-order valence-electron chi connectivity index (χ2n) is 7.57. The van der Waals surface area contributed by atoms with Crippen LogP contribution in [0.2, 0.25) is 0 Å². The summed E-state index contributed by atoms with van der Waals surface area (Å²) in [7, 11) is 0. The molecule has 2 unspecified atom stereocenters. The summed E-state index contributed by atoms with van der Waals surface area (Å²) in [6, 6.07) is 23.0. The highest BCUT2D eigenvalue weighted by atomic mass is 14.7. The summed E-state index contributed by atoms with van der Waals surface area (Å²) in [5.41, 5.74) is 26.3. The van der Waals surface area contributed by atoms with E-state index >= 15 is 0 Å². The third kappa shape index (κ3) is 3.56. The minimum absolute atomic E-state index is 0.211. The van der Waals surface area contributed by atoms with Crippen LogP contribution in [0.15, 0.2) is 66.7 Å². The average Bonchev–Trinajstić information content (AvgIpc) is 2.69. The molecule has 0 amide bonds. The maximum atomic E-state index is 6.50. The molecule has 1 fully saturated rings. The van der Waals surface area contributed by atoms with Gasteiger partial charge in [-0.2, -0.15) is 0 Å². The molecule has 0 aliphatic heterocycles. The van der Waals surface area contributed by atoms with Crippen molar-refractivity contribution in [3.8, 4) is 22.3 Å². The van der Waals surface area contributed by atoms with E-state index < -0.39 is 0 Å². The lowest BCUT2D eigenvalue weighted by Crippen LogP contribution is -2.31. The molecule has 6 N–H and O–H groups in total. The van der Waals surface area contributed by atoms with Crippen molar-refractivity contribution in [2.45, 2.75) is 37.6 Å². The zero-order chi connectivity index (χ0) is 18.8. The SMILES string of the molecule is Nc1ccccc1-c1cc(-c2ccccc2N)cc(C2CCCCC2N)c1. The van der Waals surface area contributed by atoms with Gasteiger partial charge >= 0.3 is 0 Å². The summed E-state index contributed by atoms with van der Waals surface area (Å²) in [6.45, 7) is 0. The van der Waals surface area contributed by atoms with Crippen LogP contribution in [0.4, 0.5) is 11.4 Å². The topological polar surface area (TPSA) is 78.1 Å². The van der Waals surface area contributed by atoms with E-state index in [-0.39, 0.29) is 6.04 Å². The summed E-state index contributed by atoms with van der Waals surface area (Å²) >= 11 is 0. The summed E-state index contributed by atoms with van der Waals surface area (Å²) in [5, 5.41) is 0. The van der Waals surface area contributed by atoms with Crippen LogP contribution in [0, 0.1) is 0 Å². The Hall–Kier alpha value is -2.78. The maximum absolute atomic E-state index is 6.50. The molecule has 0 radical (unpaired) electrons. The highest BCUT2D eigenvalue weighted by Crippen LogP contribution is 2.39. The van der Waals surface area contributed by atoms with Crippen molar-refractivity contribution >= 4 is 11.4 Å². The number of hydrogen-bond acceptors (Lipinski definition) is 3. The Morgan fingerprint density at radius 1 is 0.667 bits per heavy atom. The minimum atomic E-state index is 0.211. The zero-order valence-electron chi connectivity index (χ0n) is 15.6. The molecule has 3 heteroatoms. The van der Waals surface area contributed by atoms with Crippen molar-refractivity contribution < 1.29 is 0 Å². The second kappa shape index (κ2) is 7.45. The molecule has 1 aliphatic rings. The largest absolute Gasteiger partial charge is 0.398 e. The quantitative estimate of drug-likeness (QED) is 0.566. The lowest BCUT2D eigenvalue weighted by atomic mass is 9.79. The molecule has 3 nitrogen and oxygen atoms in total. The van der Waals surface area contributed by atoms with Gasteiger partial charge in [-0.3, -0.25) is 0 Å². The van der Waals surface area contributed by atoms with Gasteiger partial charge in [0.15, 0.2) is 0 Å². The fourth-order valence-corrected chi connectivity index (χ4v) is 4.27. The van der Waals surface area contributed by atoms with Crippen LogP contribution in [0.1, 0.15) is 37.2 Å². The first-order valence-corrected chi connectivity index (χ1v) is 9.74. The van der Waals surface area contributed by atoms with Crippen LogP contribution < -0.4 is 17.2 Å². The molecule has 0 bridgehead atoms. The second-order valence-corrected chi connectivity index (χ2v) is 7.57.